The monoisotopic (exact) mass is 294 g/mol. The third-order valence-corrected chi connectivity index (χ3v) is 3.02. The Balaban J connectivity index is 2.41. The third kappa shape index (κ3) is 4.15. The van der Waals surface area contributed by atoms with Crippen molar-refractivity contribution in [3.05, 3.63) is 9.98 Å². The molecule has 0 aliphatic carbocycles. The number of nitrogens with zero attached hydrogens (tertiary/aromatic N) is 2. The molecule has 1 rings (SSSR count). The average molecular weight is 295 g/mol. The van der Waals surface area contributed by atoms with E-state index in [0.717, 1.165) is 0 Å². The summed E-state index contributed by atoms with van der Waals surface area (Å²) >= 11 is 4.40. The van der Waals surface area contributed by atoms with Gasteiger partial charge in [0.25, 0.3) is 5.19 Å². The normalized spacial score (nSPS) is 10.1. The predicted molar refractivity (Wildman–Crippen MR) is 60.2 cm³/mol. The number of aromatic nitrogens is 1. The minimum absolute atomic E-state index is 0.0560. The Morgan fingerprint density at radius 3 is 3.07 bits per heavy atom. The second-order valence-corrected chi connectivity index (χ2v) is 4.44. The van der Waals surface area contributed by atoms with Crippen LogP contribution in [0, 0.1) is 0 Å². The molecule has 1 aromatic heterocycles. The van der Waals surface area contributed by atoms with E-state index >= 15 is 0 Å². The minimum Gasteiger partial charge on any atom is -0.396 e. The molecule has 1 heterocycles. The largest absolute Gasteiger partial charge is 0.416 e. The summed E-state index contributed by atoms with van der Waals surface area (Å²) in [6.07, 6.45) is 0.0676. The summed E-state index contributed by atoms with van der Waals surface area (Å²) in [5.41, 5.74) is 0. The summed E-state index contributed by atoms with van der Waals surface area (Å²) in [5, 5.41) is 10.6. The van der Waals surface area contributed by atoms with Crippen molar-refractivity contribution >= 4 is 33.4 Å². The zero-order valence-corrected chi connectivity index (χ0v) is 10.5. The van der Waals surface area contributed by atoms with Gasteiger partial charge in [0.1, 0.15) is 4.60 Å². The summed E-state index contributed by atoms with van der Waals surface area (Å²) in [4.78, 5) is 16.7. The van der Waals surface area contributed by atoms with Gasteiger partial charge in [-0.1, -0.05) is 11.3 Å². The number of rotatable bonds is 4. The molecule has 1 aromatic rings. The standard InChI is InChI=1S/C8H11BrN2O3S/c1-11(3-2-4-12)8(13)14-7-10-6(9)5-15-7/h5,12H,2-4H2,1H3. The van der Waals surface area contributed by atoms with Crippen LogP contribution in [-0.4, -0.2) is 41.3 Å². The van der Waals surface area contributed by atoms with Crippen molar-refractivity contribution in [3.8, 4) is 5.19 Å². The van der Waals surface area contributed by atoms with Gasteiger partial charge >= 0.3 is 6.09 Å². The highest BCUT2D eigenvalue weighted by atomic mass is 79.9. The SMILES string of the molecule is CN(CCCO)C(=O)Oc1nc(Br)cs1. The summed E-state index contributed by atoms with van der Waals surface area (Å²) in [6, 6.07) is 0. The number of carbonyl (C=O) groups is 1. The maximum atomic E-state index is 11.4. The molecule has 0 atom stereocenters. The number of ether oxygens (including phenoxy) is 1. The molecule has 0 bridgehead atoms. The van der Waals surface area contributed by atoms with Crippen LogP contribution in [0.3, 0.4) is 0 Å². The maximum Gasteiger partial charge on any atom is 0.416 e. The third-order valence-electron chi connectivity index (χ3n) is 1.59. The van der Waals surface area contributed by atoms with Crippen molar-refractivity contribution in [1.29, 1.82) is 0 Å². The summed E-state index contributed by atoms with van der Waals surface area (Å²) in [6.45, 7) is 0.516. The van der Waals surface area contributed by atoms with E-state index in [2.05, 4.69) is 20.9 Å². The van der Waals surface area contributed by atoms with Crippen molar-refractivity contribution < 1.29 is 14.6 Å². The average Bonchev–Trinajstić information content (AvgIpc) is 2.60. The van der Waals surface area contributed by atoms with Gasteiger partial charge in [-0.3, -0.25) is 0 Å². The molecule has 84 valence electrons. The number of hydrogen-bond donors (Lipinski definition) is 1. The first-order valence-corrected chi connectivity index (χ1v) is 5.95. The molecule has 7 heteroatoms. The Labute approximate surface area is 99.8 Å². The molecule has 15 heavy (non-hydrogen) atoms. The fraction of sp³-hybridized carbons (Fsp3) is 0.500. The number of hydrogen-bond acceptors (Lipinski definition) is 5. The van der Waals surface area contributed by atoms with E-state index in [9.17, 15) is 4.79 Å². The van der Waals surface area contributed by atoms with Crippen LogP contribution in [0.5, 0.6) is 5.19 Å². The van der Waals surface area contributed by atoms with Gasteiger partial charge in [0.2, 0.25) is 0 Å². The number of aliphatic hydroxyl groups is 1. The predicted octanol–water partition coefficient (Wildman–Crippen LogP) is 1.72. The Morgan fingerprint density at radius 2 is 2.53 bits per heavy atom. The first-order chi connectivity index (χ1) is 7.13. The van der Waals surface area contributed by atoms with Crippen LogP contribution < -0.4 is 4.74 Å². The molecular weight excluding hydrogens is 284 g/mol. The molecule has 0 aliphatic heterocycles. The topological polar surface area (TPSA) is 62.7 Å². The number of aliphatic hydroxyl groups excluding tert-OH is 1. The molecular formula is C8H11BrN2O3S. The minimum atomic E-state index is -0.467. The van der Waals surface area contributed by atoms with Gasteiger partial charge in [0.05, 0.1) is 0 Å². The van der Waals surface area contributed by atoms with Crippen LogP contribution in [0.25, 0.3) is 0 Å². The van der Waals surface area contributed by atoms with Gasteiger partial charge < -0.3 is 14.7 Å². The molecule has 0 spiro atoms. The van der Waals surface area contributed by atoms with Gasteiger partial charge in [-0.05, 0) is 22.4 Å². The summed E-state index contributed by atoms with van der Waals surface area (Å²) in [7, 11) is 1.61. The lowest BCUT2D eigenvalue weighted by Crippen LogP contribution is -2.30. The van der Waals surface area contributed by atoms with Crippen LogP contribution in [0.1, 0.15) is 6.42 Å². The quantitative estimate of drug-likeness (QED) is 0.918. The molecule has 0 aliphatic rings. The number of halogens is 1. The highest BCUT2D eigenvalue weighted by Gasteiger charge is 2.12. The van der Waals surface area contributed by atoms with E-state index in [4.69, 9.17) is 9.84 Å². The number of amides is 1. The van der Waals surface area contributed by atoms with Gasteiger partial charge in [-0.2, -0.15) is 4.98 Å². The highest BCUT2D eigenvalue weighted by molar-refractivity contribution is 9.10. The van der Waals surface area contributed by atoms with E-state index in [1.807, 2.05) is 0 Å². The van der Waals surface area contributed by atoms with Crippen LogP contribution >= 0.6 is 27.3 Å². The van der Waals surface area contributed by atoms with Gasteiger partial charge in [-0.15, -0.1) is 0 Å². The van der Waals surface area contributed by atoms with Crippen LogP contribution in [0.15, 0.2) is 9.98 Å². The molecule has 1 N–H and O–H groups in total. The highest BCUT2D eigenvalue weighted by Crippen LogP contribution is 2.22. The first-order valence-electron chi connectivity index (χ1n) is 4.28. The summed E-state index contributed by atoms with van der Waals surface area (Å²) in [5.74, 6) is 0. The Bertz CT molecular complexity index is 331. The van der Waals surface area contributed by atoms with E-state index < -0.39 is 6.09 Å². The number of carbonyl (C=O) groups excluding carboxylic acids is 1. The molecule has 0 fully saturated rings. The van der Waals surface area contributed by atoms with Crippen molar-refractivity contribution in [3.63, 3.8) is 0 Å². The zero-order chi connectivity index (χ0) is 11.3. The lowest BCUT2D eigenvalue weighted by molar-refractivity contribution is 0.158. The molecule has 5 nitrogen and oxygen atoms in total. The summed E-state index contributed by atoms with van der Waals surface area (Å²) < 4.78 is 5.62. The van der Waals surface area contributed by atoms with Crippen LogP contribution in [-0.2, 0) is 0 Å². The first kappa shape index (κ1) is 12.4. The molecule has 0 aromatic carbocycles. The van der Waals surface area contributed by atoms with Crippen molar-refractivity contribution in [1.82, 2.24) is 9.88 Å². The Morgan fingerprint density at radius 1 is 1.80 bits per heavy atom. The molecule has 0 saturated heterocycles. The van der Waals surface area contributed by atoms with Crippen LogP contribution in [0.4, 0.5) is 4.79 Å². The van der Waals surface area contributed by atoms with Crippen molar-refractivity contribution in [2.24, 2.45) is 0 Å². The van der Waals surface area contributed by atoms with Crippen molar-refractivity contribution in [2.45, 2.75) is 6.42 Å². The molecule has 0 radical (unpaired) electrons. The molecule has 1 amide bonds. The second kappa shape index (κ2) is 6.04. The van der Waals surface area contributed by atoms with Crippen molar-refractivity contribution in [2.75, 3.05) is 20.2 Å². The van der Waals surface area contributed by atoms with Crippen LogP contribution in [0.2, 0.25) is 0 Å². The Hall–Kier alpha value is -0.660. The maximum absolute atomic E-state index is 11.4. The zero-order valence-electron chi connectivity index (χ0n) is 8.14. The molecule has 0 unspecified atom stereocenters. The number of thiazole rings is 1. The smallest absolute Gasteiger partial charge is 0.396 e. The Kier molecular flexibility index (Phi) is 5.00. The van der Waals surface area contributed by atoms with Gasteiger partial charge in [0, 0.05) is 25.6 Å². The lowest BCUT2D eigenvalue weighted by Gasteiger charge is -2.14. The van der Waals surface area contributed by atoms with E-state index in [1.54, 1.807) is 12.4 Å². The second-order valence-electron chi connectivity index (χ2n) is 2.80. The van der Waals surface area contributed by atoms with E-state index in [-0.39, 0.29) is 6.61 Å². The molecule has 0 saturated carbocycles. The fourth-order valence-corrected chi connectivity index (χ4v) is 1.92. The fourth-order valence-electron chi connectivity index (χ4n) is 0.838. The van der Waals surface area contributed by atoms with E-state index in [0.29, 0.717) is 22.8 Å². The van der Waals surface area contributed by atoms with E-state index in [1.165, 1.54) is 16.2 Å². The lowest BCUT2D eigenvalue weighted by atomic mass is 10.4. The van der Waals surface area contributed by atoms with Gasteiger partial charge in [-0.25, -0.2) is 4.79 Å². The van der Waals surface area contributed by atoms with Gasteiger partial charge in [0.15, 0.2) is 0 Å².